The standard InChI is InChI=1S/C29H32N4O3S/c1-33-13-9-22(10-14-33)28-32-18-25(37-28)23-16-24(27(30)31-17-23)36-19-21-6-4-5-20(15-21)8-12-29(35)11-3-2-7-26(29)34/h4-6,15-18,22,35H,2-3,7,9-11,13-14,19H2,1H3,(H2,30,31). The summed E-state index contributed by atoms with van der Waals surface area (Å²) in [7, 11) is 2.17. The number of aliphatic hydroxyl groups is 1. The van der Waals surface area contributed by atoms with Crippen LogP contribution in [-0.4, -0.2) is 51.5 Å². The van der Waals surface area contributed by atoms with Gasteiger partial charge in [0.2, 0.25) is 0 Å². The molecule has 2 fully saturated rings. The van der Waals surface area contributed by atoms with Crippen LogP contribution in [0.25, 0.3) is 10.4 Å². The van der Waals surface area contributed by atoms with Crippen LogP contribution in [0.1, 0.15) is 60.6 Å². The SMILES string of the molecule is CN1CCC(c2ncc(-c3cnc(N)c(OCc4cccc(C#CC5(O)CCCCC5=O)c4)c3)s2)CC1. The number of rotatable bonds is 5. The Hall–Kier alpha value is -3.25. The van der Waals surface area contributed by atoms with Crippen LogP contribution in [0.3, 0.4) is 0 Å². The van der Waals surface area contributed by atoms with Gasteiger partial charge in [-0.25, -0.2) is 9.97 Å². The highest BCUT2D eigenvalue weighted by Crippen LogP contribution is 2.36. The smallest absolute Gasteiger partial charge is 0.184 e. The Bertz CT molecular complexity index is 1340. The summed E-state index contributed by atoms with van der Waals surface area (Å²) in [5, 5.41) is 11.8. The van der Waals surface area contributed by atoms with Crippen molar-refractivity contribution in [3.63, 3.8) is 0 Å². The summed E-state index contributed by atoms with van der Waals surface area (Å²) >= 11 is 1.72. The zero-order valence-electron chi connectivity index (χ0n) is 21.1. The van der Waals surface area contributed by atoms with Gasteiger partial charge >= 0.3 is 0 Å². The van der Waals surface area contributed by atoms with E-state index in [0.717, 1.165) is 60.3 Å². The molecule has 1 saturated heterocycles. The molecule has 3 heterocycles. The number of nitrogens with two attached hydrogens (primary N) is 1. The summed E-state index contributed by atoms with van der Waals surface area (Å²) in [6.45, 7) is 2.50. The third-order valence-electron chi connectivity index (χ3n) is 7.15. The molecule has 3 aromatic rings. The molecule has 8 heteroatoms. The lowest BCUT2D eigenvalue weighted by Gasteiger charge is -2.27. The molecular formula is C29H32N4O3S. The first kappa shape index (κ1) is 25.4. The van der Waals surface area contributed by atoms with Crippen LogP contribution in [0.4, 0.5) is 5.82 Å². The van der Waals surface area contributed by atoms with E-state index >= 15 is 0 Å². The van der Waals surface area contributed by atoms with Crippen molar-refractivity contribution in [1.29, 1.82) is 0 Å². The van der Waals surface area contributed by atoms with E-state index < -0.39 is 5.60 Å². The lowest BCUT2D eigenvalue weighted by atomic mass is 9.84. The van der Waals surface area contributed by atoms with Gasteiger partial charge in [-0.15, -0.1) is 11.3 Å². The molecule has 1 saturated carbocycles. The van der Waals surface area contributed by atoms with Crippen molar-refractivity contribution in [3.8, 4) is 28.0 Å². The number of benzene rings is 1. The summed E-state index contributed by atoms with van der Waals surface area (Å²) in [5.74, 6) is 6.96. The molecule has 5 rings (SSSR count). The zero-order valence-corrected chi connectivity index (χ0v) is 21.9. The largest absolute Gasteiger partial charge is 0.485 e. The Morgan fingerprint density at radius 1 is 1.22 bits per heavy atom. The first-order valence-electron chi connectivity index (χ1n) is 12.8. The van der Waals surface area contributed by atoms with E-state index in [-0.39, 0.29) is 12.4 Å². The van der Waals surface area contributed by atoms with Crippen molar-refractivity contribution in [2.45, 2.75) is 56.7 Å². The summed E-state index contributed by atoms with van der Waals surface area (Å²) < 4.78 is 6.05. The Kier molecular flexibility index (Phi) is 7.56. The number of hydrogen-bond acceptors (Lipinski definition) is 8. The third-order valence-corrected chi connectivity index (χ3v) is 8.36. The van der Waals surface area contributed by atoms with Gasteiger partial charge in [-0.3, -0.25) is 4.79 Å². The second-order valence-electron chi connectivity index (χ2n) is 9.98. The van der Waals surface area contributed by atoms with Crippen molar-refractivity contribution in [2.24, 2.45) is 0 Å². The molecule has 7 nitrogen and oxygen atoms in total. The molecule has 192 valence electrons. The van der Waals surface area contributed by atoms with Gasteiger partial charge in [-0.2, -0.15) is 0 Å². The molecule has 0 spiro atoms. The predicted molar refractivity (Wildman–Crippen MR) is 145 cm³/mol. The molecular weight excluding hydrogens is 484 g/mol. The van der Waals surface area contributed by atoms with Gasteiger partial charge < -0.3 is 20.5 Å². The normalized spacial score (nSPS) is 20.9. The number of piperidine rings is 1. The molecule has 1 aliphatic heterocycles. The maximum Gasteiger partial charge on any atom is 0.184 e. The molecule has 0 radical (unpaired) electrons. The quantitative estimate of drug-likeness (QED) is 0.485. The first-order valence-corrected chi connectivity index (χ1v) is 13.6. The highest BCUT2D eigenvalue weighted by atomic mass is 32.1. The Morgan fingerprint density at radius 2 is 2.05 bits per heavy atom. The molecule has 3 N–H and O–H groups in total. The molecule has 2 aromatic heterocycles. The lowest BCUT2D eigenvalue weighted by molar-refractivity contribution is -0.134. The number of thiazole rings is 1. The van der Waals surface area contributed by atoms with Gasteiger partial charge in [0.25, 0.3) is 0 Å². The average molecular weight is 517 g/mol. The average Bonchev–Trinajstić information content (AvgIpc) is 3.40. The lowest BCUT2D eigenvalue weighted by Crippen LogP contribution is -2.39. The van der Waals surface area contributed by atoms with E-state index in [4.69, 9.17) is 15.5 Å². The fraction of sp³-hybridized carbons (Fsp3) is 0.414. The minimum Gasteiger partial charge on any atom is -0.485 e. The van der Waals surface area contributed by atoms with Gasteiger partial charge in [0.05, 0.1) is 9.88 Å². The molecule has 0 bridgehead atoms. The topological polar surface area (TPSA) is 102 Å². The highest BCUT2D eigenvalue weighted by molar-refractivity contribution is 7.15. The number of hydrogen-bond donors (Lipinski definition) is 2. The van der Waals surface area contributed by atoms with Crippen molar-refractivity contribution >= 4 is 22.9 Å². The molecule has 2 aliphatic rings. The van der Waals surface area contributed by atoms with Gasteiger partial charge in [0.15, 0.2) is 23.0 Å². The number of ketones is 1. The predicted octanol–water partition coefficient (Wildman–Crippen LogP) is 4.40. The highest BCUT2D eigenvalue weighted by Gasteiger charge is 2.35. The van der Waals surface area contributed by atoms with E-state index in [1.165, 1.54) is 5.01 Å². The van der Waals surface area contributed by atoms with E-state index in [9.17, 15) is 9.90 Å². The Labute approximate surface area is 221 Å². The van der Waals surface area contributed by atoms with Crippen LogP contribution < -0.4 is 10.5 Å². The number of carbonyl (C=O) groups is 1. The van der Waals surface area contributed by atoms with Crippen LogP contribution in [0.2, 0.25) is 0 Å². The fourth-order valence-electron chi connectivity index (χ4n) is 4.79. The molecule has 1 unspecified atom stereocenters. The number of pyridine rings is 1. The van der Waals surface area contributed by atoms with Crippen LogP contribution in [-0.2, 0) is 11.4 Å². The van der Waals surface area contributed by atoms with Crippen molar-refractivity contribution in [3.05, 3.63) is 58.9 Å². The number of Topliss-reactive ketones (excluding diaryl/α,β-unsaturated/α-hetero) is 1. The Morgan fingerprint density at radius 3 is 2.86 bits per heavy atom. The van der Waals surface area contributed by atoms with Gasteiger partial charge in [-0.05, 0) is 76.0 Å². The minimum atomic E-state index is -1.53. The maximum absolute atomic E-state index is 12.1. The minimum absolute atomic E-state index is 0.187. The summed E-state index contributed by atoms with van der Waals surface area (Å²) in [5.41, 5.74) is 7.15. The van der Waals surface area contributed by atoms with Crippen molar-refractivity contribution in [2.75, 3.05) is 25.9 Å². The summed E-state index contributed by atoms with van der Waals surface area (Å²) in [6, 6.07) is 9.50. The second-order valence-corrected chi connectivity index (χ2v) is 11.0. The Balaban J connectivity index is 1.26. The number of nitrogen functional groups attached to an aromatic ring is 1. The van der Waals surface area contributed by atoms with E-state index in [1.54, 1.807) is 17.5 Å². The molecule has 1 aliphatic carbocycles. The van der Waals surface area contributed by atoms with Crippen molar-refractivity contribution in [1.82, 2.24) is 14.9 Å². The van der Waals surface area contributed by atoms with E-state index in [1.807, 2.05) is 36.5 Å². The number of anilines is 1. The summed E-state index contributed by atoms with van der Waals surface area (Å²) in [6.07, 6.45) is 8.35. The molecule has 1 atom stereocenters. The van der Waals surface area contributed by atoms with Gasteiger partial charge in [-0.1, -0.05) is 24.0 Å². The third kappa shape index (κ3) is 6.02. The second kappa shape index (κ2) is 11.0. The number of likely N-dealkylation sites (tertiary alicyclic amines) is 1. The fourth-order valence-corrected chi connectivity index (χ4v) is 5.86. The van der Waals surface area contributed by atoms with Gasteiger partial charge in [0.1, 0.15) is 6.61 Å². The number of aromatic nitrogens is 2. The molecule has 1 aromatic carbocycles. The molecule has 0 amide bonds. The van der Waals surface area contributed by atoms with Crippen molar-refractivity contribution < 1.29 is 14.6 Å². The zero-order chi connectivity index (χ0) is 25.8. The number of ether oxygens (including phenoxy) is 1. The van der Waals surface area contributed by atoms with Crippen LogP contribution in [0.5, 0.6) is 5.75 Å². The monoisotopic (exact) mass is 516 g/mol. The summed E-state index contributed by atoms with van der Waals surface area (Å²) in [4.78, 5) is 24.6. The molecule has 37 heavy (non-hydrogen) atoms. The van der Waals surface area contributed by atoms with E-state index in [0.29, 0.717) is 30.3 Å². The van der Waals surface area contributed by atoms with Crippen LogP contribution >= 0.6 is 11.3 Å². The van der Waals surface area contributed by atoms with Crippen LogP contribution in [0, 0.1) is 11.8 Å². The van der Waals surface area contributed by atoms with E-state index in [2.05, 4.69) is 28.8 Å². The van der Waals surface area contributed by atoms with Gasteiger partial charge in [0, 0.05) is 35.9 Å². The van der Waals surface area contributed by atoms with Crippen LogP contribution in [0.15, 0.2) is 42.7 Å². The first-order chi connectivity index (χ1) is 17.9. The number of carbonyl (C=O) groups excluding carboxylic acids is 1. The number of nitrogens with zero attached hydrogens (tertiary/aromatic N) is 3. The maximum atomic E-state index is 12.1.